The average Bonchev–Trinajstić information content (AvgIpc) is 3.00. The van der Waals surface area contributed by atoms with E-state index in [1.807, 2.05) is 29.2 Å². The molecule has 1 saturated carbocycles. The zero-order valence-electron chi connectivity index (χ0n) is 11.9. The summed E-state index contributed by atoms with van der Waals surface area (Å²) in [6.45, 7) is 4.12. The van der Waals surface area contributed by atoms with Crippen molar-refractivity contribution in [3.8, 4) is 11.3 Å². The van der Waals surface area contributed by atoms with E-state index in [9.17, 15) is 0 Å². The van der Waals surface area contributed by atoms with Gasteiger partial charge < -0.3 is 0 Å². The molecule has 1 heterocycles. The van der Waals surface area contributed by atoms with Gasteiger partial charge in [0.1, 0.15) is 5.69 Å². The van der Waals surface area contributed by atoms with Crippen molar-refractivity contribution in [1.82, 2.24) is 15.0 Å². The summed E-state index contributed by atoms with van der Waals surface area (Å²) >= 11 is 0. The molecule has 1 aromatic carbocycles. The maximum Gasteiger partial charge on any atom is 0.113 e. The number of aromatic nitrogens is 3. The van der Waals surface area contributed by atoms with E-state index in [1.54, 1.807) is 0 Å². The Kier molecular flexibility index (Phi) is 4.14. The molecule has 2 aromatic rings. The van der Waals surface area contributed by atoms with Gasteiger partial charge in [-0.05, 0) is 25.2 Å². The third kappa shape index (κ3) is 2.77. The van der Waals surface area contributed by atoms with Gasteiger partial charge >= 0.3 is 0 Å². The molecule has 1 aliphatic rings. The van der Waals surface area contributed by atoms with Crippen LogP contribution in [0.2, 0.25) is 0 Å². The summed E-state index contributed by atoms with van der Waals surface area (Å²) in [5.74, 6) is 0.692. The van der Waals surface area contributed by atoms with Crippen molar-refractivity contribution < 1.29 is 0 Å². The first kappa shape index (κ1) is 13.3. The Bertz CT molecular complexity index is 526. The number of hydrogen-bond acceptors (Lipinski definition) is 2. The van der Waals surface area contributed by atoms with E-state index < -0.39 is 0 Å². The van der Waals surface area contributed by atoms with E-state index in [0.717, 1.165) is 17.7 Å². The molecule has 20 heavy (non-hydrogen) atoms. The molecule has 1 atom stereocenters. The molecule has 0 spiro atoms. The minimum absolute atomic E-state index is 0.354. The zero-order chi connectivity index (χ0) is 13.8. The van der Waals surface area contributed by atoms with Crippen LogP contribution in [-0.4, -0.2) is 15.0 Å². The van der Waals surface area contributed by atoms with Crippen LogP contribution in [0.15, 0.2) is 36.5 Å². The first-order valence-electron chi connectivity index (χ1n) is 7.65. The lowest BCUT2D eigenvalue weighted by Crippen LogP contribution is -2.23. The molecule has 3 nitrogen and oxygen atoms in total. The van der Waals surface area contributed by atoms with Crippen molar-refractivity contribution in [2.24, 2.45) is 5.92 Å². The maximum atomic E-state index is 4.69. The third-order valence-electron chi connectivity index (χ3n) is 4.36. The van der Waals surface area contributed by atoms with Gasteiger partial charge in [0.25, 0.3) is 0 Å². The summed E-state index contributed by atoms with van der Waals surface area (Å²) in [6.07, 6.45) is 9.39. The highest BCUT2D eigenvalue weighted by molar-refractivity contribution is 5.56. The van der Waals surface area contributed by atoms with Gasteiger partial charge in [0, 0.05) is 5.56 Å². The summed E-state index contributed by atoms with van der Waals surface area (Å²) in [4.78, 5) is 1.91. The molecule has 0 amide bonds. The van der Waals surface area contributed by atoms with Crippen LogP contribution in [0.25, 0.3) is 11.3 Å². The molecule has 0 N–H and O–H groups in total. The third-order valence-corrected chi connectivity index (χ3v) is 4.36. The Hall–Kier alpha value is -1.64. The van der Waals surface area contributed by atoms with Crippen molar-refractivity contribution in [3.05, 3.63) is 43.5 Å². The van der Waals surface area contributed by atoms with E-state index in [0.29, 0.717) is 12.0 Å². The van der Waals surface area contributed by atoms with Gasteiger partial charge in [0.05, 0.1) is 12.2 Å². The van der Waals surface area contributed by atoms with E-state index in [4.69, 9.17) is 5.10 Å². The second kappa shape index (κ2) is 6.21. The monoisotopic (exact) mass is 268 g/mol. The maximum absolute atomic E-state index is 4.69. The highest BCUT2D eigenvalue weighted by atomic mass is 15.5. The SMILES string of the molecule is [CH2]CC(C1CCCCC1)n1ncc(-c2ccccc2)n1. The summed E-state index contributed by atoms with van der Waals surface area (Å²) in [7, 11) is 0. The summed E-state index contributed by atoms with van der Waals surface area (Å²) < 4.78 is 0. The van der Waals surface area contributed by atoms with Crippen LogP contribution in [0.5, 0.6) is 0 Å². The van der Waals surface area contributed by atoms with Gasteiger partial charge in [0.2, 0.25) is 0 Å². The molecule has 1 aromatic heterocycles. The van der Waals surface area contributed by atoms with Crippen molar-refractivity contribution in [2.75, 3.05) is 0 Å². The normalized spacial score (nSPS) is 18.1. The minimum Gasteiger partial charge on any atom is -0.181 e. The first-order valence-corrected chi connectivity index (χ1v) is 7.65. The van der Waals surface area contributed by atoms with E-state index in [2.05, 4.69) is 24.2 Å². The number of hydrogen-bond donors (Lipinski definition) is 0. The molecule has 1 aliphatic carbocycles. The molecule has 1 unspecified atom stereocenters. The molecule has 0 aliphatic heterocycles. The van der Waals surface area contributed by atoms with Gasteiger partial charge in [-0.25, -0.2) is 0 Å². The smallest absolute Gasteiger partial charge is 0.113 e. The van der Waals surface area contributed by atoms with Crippen LogP contribution in [0, 0.1) is 12.8 Å². The highest BCUT2D eigenvalue weighted by Crippen LogP contribution is 2.34. The van der Waals surface area contributed by atoms with Crippen LogP contribution >= 0.6 is 0 Å². The molecule has 3 rings (SSSR count). The topological polar surface area (TPSA) is 30.7 Å². The van der Waals surface area contributed by atoms with Gasteiger partial charge in [-0.3, -0.25) is 0 Å². The molecular formula is C17H22N3. The fourth-order valence-corrected chi connectivity index (χ4v) is 3.24. The first-order chi connectivity index (χ1) is 9.88. The number of benzene rings is 1. The van der Waals surface area contributed by atoms with E-state index >= 15 is 0 Å². The zero-order valence-corrected chi connectivity index (χ0v) is 11.9. The molecule has 1 radical (unpaired) electrons. The number of rotatable bonds is 4. The second-order valence-electron chi connectivity index (χ2n) is 5.67. The molecule has 3 heteroatoms. The lowest BCUT2D eigenvalue weighted by molar-refractivity contribution is 0.218. The Morgan fingerprint density at radius 1 is 1.15 bits per heavy atom. The fraction of sp³-hybridized carbons (Fsp3) is 0.471. The predicted molar refractivity (Wildman–Crippen MR) is 81.0 cm³/mol. The van der Waals surface area contributed by atoms with Gasteiger partial charge in [-0.2, -0.15) is 15.0 Å². The lowest BCUT2D eigenvalue weighted by atomic mass is 9.83. The van der Waals surface area contributed by atoms with Crippen molar-refractivity contribution in [2.45, 2.75) is 44.6 Å². The Balaban J connectivity index is 1.80. The Morgan fingerprint density at radius 2 is 1.90 bits per heavy atom. The lowest BCUT2D eigenvalue weighted by Gasteiger charge is -2.28. The van der Waals surface area contributed by atoms with Crippen LogP contribution in [-0.2, 0) is 0 Å². The molecule has 0 saturated heterocycles. The average molecular weight is 268 g/mol. The Labute approximate surface area is 121 Å². The quantitative estimate of drug-likeness (QED) is 0.828. The van der Waals surface area contributed by atoms with Crippen LogP contribution in [0.4, 0.5) is 0 Å². The molecular weight excluding hydrogens is 246 g/mol. The standard InChI is InChI=1S/C17H22N3/c1-2-17(15-11-7-4-8-12-15)20-18-13-16(19-20)14-9-5-3-6-10-14/h3,5-6,9-10,13,15,17H,1-2,4,7-8,11-12H2. The van der Waals surface area contributed by atoms with E-state index in [1.165, 1.54) is 32.1 Å². The van der Waals surface area contributed by atoms with Gasteiger partial charge in [-0.15, -0.1) is 0 Å². The van der Waals surface area contributed by atoms with Crippen molar-refractivity contribution in [1.29, 1.82) is 0 Å². The largest absolute Gasteiger partial charge is 0.181 e. The fourth-order valence-electron chi connectivity index (χ4n) is 3.24. The van der Waals surface area contributed by atoms with Crippen molar-refractivity contribution >= 4 is 0 Å². The predicted octanol–water partition coefficient (Wildman–Crippen LogP) is 4.29. The van der Waals surface area contributed by atoms with Gasteiger partial charge in [0.15, 0.2) is 0 Å². The van der Waals surface area contributed by atoms with Crippen LogP contribution in [0.3, 0.4) is 0 Å². The molecule has 1 fully saturated rings. The molecule has 105 valence electrons. The van der Waals surface area contributed by atoms with Crippen LogP contribution in [0.1, 0.15) is 44.6 Å². The van der Waals surface area contributed by atoms with Crippen LogP contribution < -0.4 is 0 Å². The summed E-state index contributed by atoms with van der Waals surface area (Å²) in [5, 5.41) is 9.20. The summed E-state index contributed by atoms with van der Waals surface area (Å²) in [6, 6.07) is 10.6. The number of nitrogens with zero attached hydrogens (tertiary/aromatic N) is 3. The Morgan fingerprint density at radius 3 is 2.60 bits per heavy atom. The summed E-state index contributed by atoms with van der Waals surface area (Å²) in [5.41, 5.74) is 2.09. The minimum atomic E-state index is 0.354. The second-order valence-corrected chi connectivity index (χ2v) is 5.67. The van der Waals surface area contributed by atoms with Gasteiger partial charge in [-0.1, -0.05) is 56.5 Å². The van der Waals surface area contributed by atoms with Crippen molar-refractivity contribution in [3.63, 3.8) is 0 Å². The molecule has 0 bridgehead atoms. The van der Waals surface area contributed by atoms with E-state index in [-0.39, 0.29) is 0 Å². The highest BCUT2D eigenvalue weighted by Gasteiger charge is 2.25.